The number of aliphatic imine (C=N–C) groups is 1. The molecule has 0 unspecified atom stereocenters. The van der Waals surface area contributed by atoms with E-state index in [1.54, 1.807) is 0 Å². The number of unbranched alkanes of at least 4 members (excludes halogenated alkanes) is 1. The summed E-state index contributed by atoms with van der Waals surface area (Å²) in [7, 11) is 0. The fourth-order valence-corrected chi connectivity index (χ4v) is 2.05. The smallest absolute Gasteiger partial charge is 0.223 e. The van der Waals surface area contributed by atoms with Crippen LogP contribution >= 0.6 is 0 Å². The summed E-state index contributed by atoms with van der Waals surface area (Å²) in [4.78, 5) is 16.0. The molecule has 122 valence electrons. The van der Waals surface area contributed by atoms with E-state index in [-0.39, 0.29) is 11.8 Å². The topological polar surface area (TPSA) is 65.5 Å². The Bertz CT molecular complexity index is 324. The van der Waals surface area contributed by atoms with Crippen LogP contribution in [0, 0.1) is 11.8 Å². The van der Waals surface area contributed by atoms with Gasteiger partial charge in [0.05, 0.1) is 0 Å². The average Bonchev–Trinajstić information content (AvgIpc) is 3.26. The quantitative estimate of drug-likeness (QED) is 0.328. The molecule has 5 heteroatoms. The van der Waals surface area contributed by atoms with Gasteiger partial charge in [-0.25, -0.2) is 0 Å². The van der Waals surface area contributed by atoms with Crippen molar-refractivity contribution in [3.8, 4) is 0 Å². The highest BCUT2D eigenvalue weighted by Gasteiger charge is 2.28. The molecule has 1 aliphatic rings. The Hall–Kier alpha value is -1.26. The van der Waals surface area contributed by atoms with Crippen LogP contribution in [0.5, 0.6) is 0 Å². The van der Waals surface area contributed by atoms with Crippen molar-refractivity contribution < 1.29 is 4.79 Å². The molecule has 1 saturated carbocycles. The van der Waals surface area contributed by atoms with E-state index in [4.69, 9.17) is 0 Å². The Morgan fingerprint density at radius 2 is 1.86 bits per heavy atom. The van der Waals surface area contributed by atoms with Crippen LogP contribution in [0.2, 0.25) is 0 Å². The van der Waals surface area contributed by atoms with Gasteiger partial charge in [0.1, 0.15) is 0 Å². The summed E-state index contributed by atoms with van der Waals surface area (Å²) in [6.45, 7) is 9.66. The molecule has 0 radical (unpaired) electrons. The molecule has 0 aromatic rings. The van der Waals surface area contributed by atoms with Crippen molar-refractivity contribution in [3.63, 3.8) is 0 Å². The molecule has 0 spiro atoms. The van der Waals surface area contributed by atoms with Crippen LogP contribution < -0.4 is 16.0 Å². The van der Waals surface area contributed by atoms with E-state index >= 15 is 0 Å². The molecule has 0 aromatic carbocycles. The molecule has 21 heavy (non-hydrogen) atoms. The fraction of sp³-hybridized carbons (Fsp3) is 0.875. The van der Waals surface area contributed by atoms with E-state index < -0.39 is 0 Å². The van der Waals surface area contributed by atoms with Crippen molar-refractivity contribution in [2.75, 3.05) is 26.2 Å². The standard InChI is InChI=1S/C16H32N4O/c1-4-17-16(19-10-6-5-7-13(2)3)20-12-11-18-15(21)14-8-9-14/h13-14H,4-12H2,1-3H3,(H,18,21)(H2,17,19,20). The molecule has 0 heterocycles. The molecule has 0 aliphatic heterocycles. The molecular weight excluding hydrogens is 264 g/mol. The zero-order valence-electron chi connectivity index (χ0n) is 13.9. The second-order valence-corrected chi connectivity index (χ2v) is 6.14. The number of nitrogens with one attached hydrogen (secondary N) is 3. The monoisotopic (exact) mass is 296 g/mol. The Balaban J connectivity index is 2.10. The number of rotatable bonds is 10. The summed E-state index contributed by atoms with van der Waals surface area (Å²) in [5.74, 6) is 2.11. The lowest BCUT2D eigenvalue weighted by atomic mass is 10.1. The number of hydrogen-bond acceptors (Lipinski definition) is 2. The first-order valence-electron chi connectivity index (χ1n) is 8.43. The minimum absolute atomic E-state index is 0.201. The van der Waals surface area contributed by atoms with Crippen molar-refractivity contribution in [1.29, 1.82) is 0 Å². The van der Waals surface area contributed by atoms with Crippen molar-refractivity contribution in [2.45, 2.75) is 52.9 Å². The van der Waals surface area contributed by atoms with Crippen molar-refractivity contribution in [3.05, 3.63) is 0 Å². The molecule has 1 aliphatic carbocycles. The largest absolute Gasteiger partial charge is 0.357 e. The molecule has 0 atom stereocenters. The molecular formula is C16H32N4O. The second kappa shape index (κ2) is 10.5. The van der Waals surface area contributed by atoms with Crippen LogP contribution in [0.4, 0.5) is 0 Å². The first kappa shape index (κ1) is 17.8. The predicted molar refractivity (Wildman–Crippen MR) is 88.4 cm³/mol. The summed E-state index contributed by atoms with van der Waals surface area (Å²) in [5, 5.41) is 9.44. The maximum Gasteiger partial charge on any atom is 0.223 e. The highest BCUT2D eigenvalue weighted by Crippen LogP contribution is 2.28. The molecule has 0 bridgehead atoms. The van der Waals surface area contributed by atoms with Gasteiger partial charge < -0.3 is 16.0 Å². The number of carbonyl (C=O) groups excluding carboxylic acids is 1. The third kappa shape index (κ3) is 9.32. The van der Waals surface area contributed by atoms with Gasteiger partial charge in [-0.05, 0) is 32.1 Å². The van der Waals surface area contributed by atoms with Gasteiger partial charge in [0, 0.05) is 32.1 Å². The summed E-state index contributed by atoms with van der Waals surface area (Å²) < 4.78 is 0. The Morgan fingerprint density at radius 1 is 1.14 bits per heavy atom. The number of amides is 1. The molecule has 0 saturated heterocycles. The van der Waals surface area contributed by atoms with E-state index in [2.05, 4.69) is 41.7 Å². The lowest BCUT2D eigenvalue weighted by molar-refractivity contribution is -0.122. The fourth-order valence-electron chi connectivity index (χ4n) is 2.05. The van der Waals surface area contributed by atoms with Gasteiger partial charge in [-0.1, -0.05) is 26.7 Å². The van der Waals surface area contributed by atoms with Gasteiger partial charge in [-0.2, -0.15) is 0 Å². The summed E-state index contributed by atoms with van der Waals surface area (Å²) in [5.41, 5.74) is 0. The highest BCUT2D eigenvalue weighted by atomic mass is 16.2. The number of guanidine groups is 1. The van der Waals surface area contributed by atoms with E-state index in [1.807, 2.05) is 0 Å². The van der Waals surface area contributed by atoms with Crippen LogP contribution in [0.15, 0.2) is 4.99 Å². The Labute approximate surface area is 129 Å². The maximum atomic E-state index is 11.5. The SMILES string of the molecule is CCNC(=NCCCCC(C)C)NCCNC(=O)C1CC1. The van der Waals surface area contributed by atoms with Gasteiger partial charge in [0.15, 0.2) is 5.96 Å². The van der Waals surface area contributed by atoms with Crippen LogP contribution in [-0.2, 0) is 4.79 Å². The number of hydrogen-bond donors (Lipinski definition) is 3. The lowest BCUT2D eigenvalue weighted by Gasteiger charge is -2.12. The number of nitrogens with zero attached hydrogens (tertiary/aromatic N) is 1. The van der Waals surface area contributed by atoms with Gasteiger partial charge in [-0.15, -0.1) is 0 Å². The molecule has 5 nitrogen and oxygen atoms in total. The minimum Gasteiger partial charge on any atom is -0.357 e. The summed E-state index contributed by atoms with van der Waals surface area (Å²) in [6.07, 6.45) is 5.75. The third-order valence-electron chi connectivity index (χ3n) is 3.47. The van der Waals surface area contributed by atoms with Crippen molar-refractivity contribution in [2.24, 2.45) is 16.8 Å². The average molecular weight is 296 g/mol. The maximum absolute atomic E-state index is 11.5. The Morgan fingerprint density at radius 3 is 2.48 bits per heavy atom. The molecule has 1 amide bonds. The van der Waals surface area contributed by atoms with E-state index in [0.29, 0.717) is 6.54 Å². The zero-order chi connectivity index (χ0) is 15.5. The predicted octanol–water partition coefficient (Wildman–Crippen LogP) is 1.89. The van der Waals surface area contributed by atoms with Crippen LogP contribution in [0.25, 0.3) is 0 Å². The first-order chi connectivity index (χ1) is 10.1. The van der Waals surface area contributed by atoms with E-state index in [1.165, 1.54) is 12.8 Å². The lowest BCUT2D eigenvalue weighted by Crippen LogP contribution is -2.41. The van der Waals surface area contributed by atoms with Gasteiger partial charge in [-0.3, -0.25) is 9.79 Å². The van der Waals surface area contributed by atoms with Gasteiger partial charge in [0.25, 0.3) is 0 Å². The minimum atomic E-state index is 0.201. The molecule has 3 N–H and O–H groups in total. The van der Waals surface area contributed by atoms with Crippen LogP contribution in [0.3, 0.4) is 0 Å². The molecule has 0 aromatic heterocycles. The van der Waals surface area contributed by atoms with Crippen LogP contribution in [-0.4, -0.2) is 38.0 Å². The Kier molecular flexibility index (Phi) is 8.87. The van der Waals surface area contributed by atoms with Crippen molar-refractivity contribution in [1.82, 2.24) is 16.0 Å². The second-order valence-electron chi connectivity index (χ2n) is 6.14. The normalized spacial score (nSPS) is 15.1. The van der Waals surface area contributed by atoms with Crippen LogP contribution in [0.1, 0.15) is 52.9 Å². The van der Waals surface area contributed by atoms with E-state index in [0.717, 1.165) is 50.8 Å². The number of carbonyl (C=O) groups is 1. The molecule has 1 fully saturated rings. The molecule has 1 rings (SSSR count). The highest BCUT2D eigenvalue weighted by molar-refractivity contribution is 5.81. The zero-order valence-corrected chi connectivity index (χ0v) is 13.9. The van der Waals surface area contributed by atoms with Gasteiger partial charge >= 0.3 is 0 Å². The summed E-state index contributed by atoms with van der Waals surface area (Å²) in [6, 6.07) is 0. The third-order valence-corrected chi connectivity index (χ3v) is 3.47. The summed E-state index contributed by atoms with van der Waals surface area (Å²) >= 11 is 0. The van der Waals surface area contributed by atoms with Gasteiger partial charge in [0.2, 0.25) is 5.91 Å². The van der Waals surface area contributed by atoms with E-state index in [9.17, 15) is 4.79 Å². The first-order valence-corrected chi connectivity index (χ1v) is 8.43. The van der Waals surface area contributed by atoms with Crippen molar-refractivity contribution >= 4 is 11.9 Å².